The maximum atomic E-state index is 12.4. The minimum absolute atomic E-state index is 0.0148. The molecule has 0 aliphatic carbocycles. The Morgan fingerprint density at radius 2 is 1.71 bits per heavy atom. The van der Waals surface area contributed by atoms with E-state index in [1.807, 2.05) is 0 Å². The third-order valence-corrected chi connectivity index (χ3v) is 3.78. The summed E-state index contributed by atoms with van der Waals surface area (Å²) in [5, 5.41) is 11.3. The number of carboxylic acid groups (broad SMARTS) is 1. The summed E-state index contributed by atoms with van der Waals surface area (Å²) in [5.41, 5.74) is 1.11. The second-order valence-corrected chi connectivity index (χ2v) is 5.29. The average molecular weight is 324 g/mol. The monoisotopic (exact) mass is 324 g/mol. The van der Waals surface area contributed by atoms with Gasteiger partial charge in [0.15, 0.2) is 0 Å². The fourth-order valence-electron chi connectivity index (χ4n) is 2.68. The van der Waals surface area contributed by atoms with Crippen LogP contribution in [0.3, 0.4) is 0 Å². The largest absolute Gasteiger partial charge is 0.545 e. The van der Waals surface area contributed by atoms with Crippen LogP contribution < -0.4 is 9.84 Å². The van der Waals surface area contributed by atoms with E-state index in [1.54, 1.807) is 37.3 Å². The molecule has 0 fully saturated rings. The van der Waals surface area contributed by atoms with Crippen LogP contribution in [0.15, 0.2) is 42.5 Å². The maximum Gasteiger partial charge on any atom is 0.261 e. The lowest BCUT2D eigenvalue weighted by Gasteiger charge is -2.17. The van der Waals surface area contributed by atoms with Crippen LogP contribution in [0, 0.1) is 0 Å². The highest BCUT2D eigenvalue weighted by Crippen LogP contribution is 2.26. The summed E-state index contributed by atoms with van der Waals surface area (Å²) in [6.45, 7) is 2.04. The quantitative estimate of drug-likeness (QED) is 0.772. The van der Waals surface area contributed by atoms with Crippen LogP contribution in [0.2, 0.25) is 0 Å². The summed E-state index contributed by atoms with van der Waals surface area (Å²) < 4.78 is 5.25. The molecule has 0 radical (unpaired) electrons. The minimum Gasteiger partial charge on any atom is -0.545 e. The van der Waals surface area contributed by atoms with Crippen LogP contribution in [0.5, 0.6) is 5.75 Å². The molecule has 3 rings (SSSR count). The summed E-state index contributed by atoms with van der Waals surface area (Å²) in [6.07, 6.45) is 0. The Hall–Kier alpha value is -3.15. The molecule has 0 atom stereocenters. The average Bonchev–Trinajstić information content (AvgIpc) is 2.81. The molecule has 0 spiro atoms. The smallest absolute Gasteiger partial charge is 0.261 e. The number of fused-ring (bicyclic) bond motifs is 1. The van der Waals surface area contributed by atoms with Crippen molar-refractivity contribution in [3.05, 3.63) is 64.7 Å². The second-order valence-electron chi connectivity index (χ2n) is 5.29. The maximum absolute atomic E-state index is 12.4. The van der Waals surface area contributed by atoms with Gasteiger partial charge in [0.1, 0.15) is 5.75 Å². The molecule has 2 amide bonds. The van der Waals surface area contributed by atoms with Gasteiger partial charge in [0.2, 0.25) is 0 Å². The number of hydrogen-bond donors (Lipinski definition) is 0. The second kappa shape index (κ2) is 6.16. The van der Waals surface area contributed by atoms with Crippen molar-refractivity contribution in [3.63, 3.8) is 0 Å². The predicted molar refractivity (Wildman–Crippen MR) is 82.6 cm³/mol. The van der Waals surface area contributed by atoms with Gasteiger partial charge in [-0.1, -0.05) is 18.2 Å². The van der Waals surface area contributed by atoms with Gasteiger partial charge in [-0.15, -0.1) is 0 Å². The topological polar surface area (TPSA) is 86.7 Å². The normalized spacial score (nSPS) is 13.1. The highest BCUT2D eigenvalue weighted by atomic mass is 16.5. The van der Waals surface area contributed by atoms with Gasteiger partial charge >= 0.3 is 0 Å². The van der Waals surface area contributed by atoms with Crippen LogP contribution in [-0.4, -0.2) is 29.3 Å². The van der Waals surface area contributed by atoms with E-state index >= 15 is 0 Å². The molecule has 6 nitrogen and oxygen atoms in total. The highest BCUT2D eigenvalue weighted by Gasteiger charge is 2.35. The number of benzene rings is 2. The van der Waals surface area contributed by atoms with Crippen LogP contribution in [0.25, 0.3) is 0 Å². The first-order chi connectivity index (χ1) is 11.5. The van der Waals surface area contributed by atoms with Crippen LogP contribution in [0.4, 0.5) is 0 Å². The molecule has 0 saturated carbocycles. The predicted octanol–water partition coefficient (Wildman–Crippen LogP) is 1.25. The highest BCUT2D eigenvalue weighted by molar-refractivity contribution is 6.21. The van der Waals surface area contributed by atoms with Gasteiger partial charge in [-0.3, -0.25) is 14.5 Å². The van der Waals surface area contributed by atoms with Gasteiger partial charge in [0.25, 0.3) is 11.8 Å². The third-order valence-electron chi connectivity index (χ3n) is 3.78. The van der Waals surface area contributed by atoms with Crippen molar-refractivity contribution in [1.82, 2.24) is 4.90 Å². The first-order valence-corrected chi connectivity index (χ1v) is 7.45. The molecule has 0 saturated heterocycles. The van der Waals surface area contributed by atoms with Crippen molar-refractivity contribution in [2.24, 2.45) is 0 Å². The molecular weight excluding hydrogens is 310 g/mol. The Morgan fingerprint density at radius 3 is 2.25 bits per heavy atom. The van der Waals surface area contributed by atoms with Gasteiger partial charge < -0.3 is 14.6 Å². The van der Waals surface area contributed by atoms with Gasteiger partial charge in [-0.05, 0) is 36.8 Å². The first kappa shape index (κ1) is 15.7. The number of amides is 2. The van der Waals surface area contributed by atoms with E-state index in [2.05, 4.69) is 0 Å². The Bertz CT molecular complexity index is 808. The molecular formula is C18H14NO5-. The zero-order chi connectivity index (χ0) is 17.3. The van der Waals surface area contributed by atoms with Crippen molar-refractivity contribution in [3.8, 4) is 5.75 Å². The van der Waals surface area contributed by atoms with Crippen LogP contribution in [-0.2, 0) is 6.54 Å². The molecule has 24 heavy (non-hydrogen) atoms. The number of aromatic carboxylic acids is 1. The van der Waals surface area contributed by atoms with Gasteiger partial charge in [0.05, 0.1) is 30.2 Å². The molecule has 1 aliphatic heterocycles. The minimum atomic E-state index is -1.37. The molecule has 1 heterocycles. The summed E-state index contributed by atoms with van der Waals surface area (Å²) in [4.78, 5) is 37.1. The summed E-state index contributed by atoms with van der Waals surface area (Å²) in [7, 11) is 0. The third kappa shape index (κ3) is 2.62. The van der Waals surface area contributed by atoms with Gasteiger partial charge in [-0.2, -0.15) is 0 Å². The van der Waals surface area contributed by atoms with Crippen molar-refractivity contribution < 1.29 is 24.2 Å². The number of nitrogens with zero attached hydrogens (tertiary/aromatic N) is 1. The molecule has 0 bridgehead atoms. The molecule has 122 valence electrons. The van der Waals surface area contributed by atoms with E-state index in [0.29, 0.717) is 23.3 Å². The Morgan fingerprint density at radius 1 is 1.08 bits per heavy atom. The van der Waals surface area contributed by atoms with E-state index in [-0.39, 0.29) is 29.7 Å². The molecule has 6 heteroatoms. The SMILES string of the molecule is CCOc1ccc(CN2C(=O)c3ccccc3C2=O)cc1C(=O)[O-]. The molecule has 0 unspecified atom stereocenters. The van der Waals surface area contributed by atoms with Crippen LogP contribution in [0.1, 0.15) is 43.6 Å². The van der Waals surface area contributed by atoms with Crippen molar-refractivity contribution >= 4 is 17.8 Å². The van der Waals surface area contributed by atoms with E-state index in [4.69, 9.17) is 4.74 Å². The van der Waals surface area contributed by atoms with Crippen molar-refractivity contribution in [2.75, 3.05) is 6.61 Å². The van der Waals surface area contributed by atoms with Gasteiger partial charge in [-0.25, -0.2) is 0 Å². The molecule has 2 aromatic carbocycles. The van der Waals surface area contributed by atoms with E-state index in [9.17, 15) is 19.5 Å². The van der Waals surface area contributed by atoms with Crippen molar-refractivity contribution in [2.45, 2.75) is 13.5 Å². The van der Waals surface area contributed by atoms with E-state index in [0.717, 1.165) is 4.90 Å². The Kier molecular flexibility index (Phi) is 4.04. The lowest BCUT2D eigenvalue weighted by atomic mass is 10.1. The zero-order valence-corrected chi connectivity index (χ0v) is 12.9. The van der Waals surface area contributed by atoms with E-state index < -0.39 is 5.97 Å². The fourth-order valence-corrected chi connectivity index (χ4v) is 2.68. The van der Waals surface area contributed by atoms with Crippen molar-refractivity contribution in [1.29, 1.82) is 0 Å². The summed E-state index contributed by atoms with van der Waals surface area (Å²) in [6, 6.07) is 11.1. The summed E-state index contributed by atoms with van der Waals surface area (Å²) >= 11 is 0. The summed E-state index contributed by atoms with van der Waals surface area (Å²) in [5.74, 6) is -1.95. The number of carbonyl (C=O) groups excluding carboxylic acids is 3. The molecule has 2 aromatic rings. The number of ether oxygens (including phenoxy) is 1. The zero-order valence-electron chi connectivity index (χ0n) is 12.9. The lowest BCUT2D eigenvalue weighted by Crippen LogP contribution is -2.29. The molecule has 0 N–H and O–H groups in total. The van der Waals surface area contributed by atoms with E-state index in [1.165, 1.54) is 12.1 Å². The standard InChI is InChI=1S/C18H15NO5/c1-2-24-15-8-7-11(9-14(15)18(22)23)10-19-16(20)12-5-3-4-6-13(12)17(19)21/h3-9H,2,10H2,1H3,(H,22,23)/p-1. The fraction of sp³-hybridized carbons (Fsp3) is 0.167. The lowest BCUT2D eigenvalue weighted by molar-refractivity contribution is -0.255. The number of imide groups is 1. The number of rotatable bonds is 5. The molecule has 0 aromatic heterocycles. The Balaban J connectivity index is 1.90. The van der Waals surface area contributed by atoms with Gasteiger partial charge in [0, 0.05) is 5.56 Å². The Labute approximate surface area is 138 Å². The first-order valence-electron chi connectivity index (χ1n) is 7.45. The number of carboxylic acids is 1. The number of hydrogen-bond acceptors (Lipinski definition) is 5. The number of carbonyl (C=O) groups is 3. The van der Waals surface area contributed by atoms with Crippen LogP contribution >= 0.6 is 0 Å². The molecule has 1 aliphatic rings.